The van der Waals surface area contributed by atoms with Crippen molar-refractivity contribution in [3.8, 4) is 33.4 Å². The first kappa shape index (κ1) is 33.2. The molecule has 57 heavy (non-hydrogen) atoms. The molecule has 9 aromatic carbocycles. The third kappa shape index (κ3) is 5.89. The van der Waals surface area contributed by atoms with Gasteiger partial charge in [0.25, 0.3) is 0 Å². The van der Waals surface area contributed by atoms with Crippen LogP contribution in [0.2, 0.25) is 0 Å². The molecule has 2 heteroatoms. The summed E-state index contributed by atoms with van der Waals surface area (Å²) >= 11 is 0. The number of hydrogen-bond donors (Lipinski definition) is 0. The molecule has 1 aliphatic carbocycles. The fourth-order valence-corrected chi connectivity index (χ4v) is 8.95. The van der Waals surface area contributed by atoms with E-state index in [-0.39, 0.29) is 0 Å². The van der Waals surface area contributed by atoms with Gasteiger partial charge in [0.05, 0.1) is 0 Å². The minimum atomic E-state index is 0.668. The van der Waals surface area contributed by atoms with Gasteiger partial charge in [0.2, 0.25) is 0 Å². The Morgan fingerprint density at radius 2 is 1.12 bits per heavy atom. The largest absolute Gasteiger partial charge is 0.455 e. The summed E-state index contributed by atoms with van der Waals surface area (Å²) in [7, 11) is 0. The van der Waals surface area contributed by atoms with E-state index in [2.05, 4.69) is 205 Å². The Kier molecular flexibility index (Phi) is 8.07. The average molecular weight is 730 g/mol. The number of benzene rings is 9. The first-order chi connectivity index (χ1) is 28.2. The highest BCUT2D eigenvalue weighted by molar-refractivity contribution is 6.17. The van der Waals surface area contributed by atoms with Crippen LogP contribution in [0.3, 0.4) is 0 Å². The molecule has 0 N–H and O–H groups in total. The molecule has 0 amide bonds. The molecular formula is C55H39NO. The first-order valence-electron chi connectivity index (χ1n) is 19.9. The van der Waals surface area contributed by atoms with Gasteiger partial charge >= 0.3 is 0 Å². The van der Waals surface area contributed by atoms with Gasteiger partial charge in [-0.3, -0.25) is 0 Å². The van der Waals surface area contributed by atoms with E-state index >= 15 is 0 Å². The van der Waals surface area contributed by atoms with E-state index in [0.29, 0.717) is 6.54 Å². The number of rotatable bonds is 7. The van der Waals surface area contributed by atoms with Crippen LogP contribution < -0.4 is 4.90 Å². The number of anilines is 2. The molecular weight excluding hydrogens is 691 g/mol. The molecule has 0 fully saturated rings. The molecule has 11 rings (SSSR count). The van der Waals surface area contributed by atoms with Crippen LogP contribution in [0.4, 0.5) is 11.4 Å². The van der Waals surface area contributed by atoms with Crippen molar-refractivity contribution in [2.24, 2.45) is 0 Å². The molecule has 0 saturated carbocycles. The summed E-state index contributed by atoms with van der Waals surface area (Å²) in [4.78, 5) is 2.46. The Balaban J connectivity index is 1.04. The summed E-state index contributed by atoms with van der Waals surface area (Å²) in [6, 6.07) is 68.5. The van der Waals surface area contributed by atoms with Crippen LogP contribution in [0.1, 0.15) is 23.1 Å². The topological polar surface area (TPSA) is 16.4 Å². The molecule has 0 aliphatic heterocycles. The molecule has 1 aliphatic rings. The standard InChI is InChI=1S/C55H39NO/c1-2-15-41-34-43(27-26-37(41)12-1)42-18-9-19-46(35-42)56(45-31-28-40(29-32-45)48-23-10-17-38-13-3-6-20-47(38)48)36-44-16-5-7-21-49(44)51-24-11-25-52-53-33-30-39-14-4-8-22-50(39)54(53)57-55(51)52/h1-5,7-19,21-35H,6,20,36H2. The van der Waals surface area contributed by atoms with E-state index in [1.807, 2.05) is 0 Å². The number of allylic oxidation sites excluding steroid dienone is 1. The van der Waals surface area contributed by atoms with Crippen molar-refractivity contribution < 1.29 is 4.42 Å². The Hall–Kier alpha value is -7.16. The van der Waals surface area contributed by atoms with Crippen LogP contribution in [0.25, 0.3) is 82.9 Å². The molecule has 10 aromatic rings. The zero-order chi connectivity index (χ0) is 37.7. The van der Waals surface area contributed by atoms with E-state index in [1.165, 1.54) is 60.7 Å². The van der Waals surface area contributed by atoms with Crippen molar-refractivity contribution in [2.45, 2.75) is 19.4 Å². The summed E-state index contributed by atoms with van der Waals surface area (Å²) in [5.41, 5.74) is 15.4. The fourth-order valence-electron chi connectivity index (χ4n) is 8.95. The lowest BCUT2D eigenvalue weighted by Gasteiger charge is -2.27. The van der Waals surface area contributed by atoms with Crippen LogP contribution in [0, 0.1) is 0 Å². The monoisotopic (exact) mass is 729 g/mol. The molecule has 0 spiro atoms. The molecule has 0 bridgehead atoms. The van der Waals surface area contributed by atoms with Crippen molar-refractivity contribution in [1.29, 1.82) is 0 Å². The van der Waals surface area contributed by atoms with Crippen molar-refractivity contribution in [3.05, 3.63) is 211 Å². The minimum Gasteiger partial charge on any atom is -0.455 e. The number of para-hydroxylation sites is 1. The Bertz CT molecular complexity index is 3170. The second kappa shape index (κ2) is 13.8. The number of hydrogen-bond acceptors (Lipinski definition) is 2. The quantitative estimate of drug-likeness (QED) is 0.162. The van der Waals surface area contributed by atoms with Crippen LogP contribution in [0.15, 0.2) is 199 Å². The van der Waals surface area contributed by atoms with Gasteiger partial charge in [-0.05, 0) is 110 Å². The molecule has 2 nitrogen and oxygen atoms in total. The van der Waals surface area contributed by atoms with Crippen LogP contribution in [0.5, 0.6) is 0 Å². The molecule has 0 saturated heterocycles. The van der Waals surface area contributed by atoms with Crippen LogP contribution in [-0.2, 0) is 13.0 Å². The SMILES string of the molecule is C1=Cc2cccc(-c3ccc(N(Cc4ccccc4-c4cccc5c4oc4c6ccccc6ccc54)c4cccc(-c5ccc6ccccc6c5)c4)cc3)c2CC1. The highest BCUT2D eigenvalue weighted by atomic mass is 16.3. The highest BCUT2D eigenvalue weighted by Crippen LogP contribution is 2.41. The van der Waals surface area contributed by atoms with E-state index in [4.69, 9.17) is 4.42 Å². The van der Waals surface area contributed by atoms with Crippen molar-refractivity contribution in [3.63, 3.8) is 0 Å². The summed E-state index contributed by atoms with van der Waals surface area (Å²) in [5.74, 6) is 0. The Morgan fingerprint density at radius 3 is 2.05 bits per heavy atom. The van der Waals surface area contributed by atoms with Gasteiger partial charge in [0.1, 0.15) is 11.2 Å². The normalized spacial score (nSPS) is 12.4. The van der Waals surface area contributed by atoms with Gasteiger partial charge in [-0.1, -0.05) is 164 Å². The molecule has 270 valence electrons. The van der Waals surface area contributed by atoms with E-state index in [0.717, 1.165) is 57.1 Å². The minimum absolute atomic E-state index is 0.668. The Labute approximate surface area is 332 Å². The second-order valence-corrected chi connectivity index (χ2v) is 15.2. The molecule has 0 radical (unpaired) electrons. The van der Waals surface area contributed by atoms with Crippen LogP contribution in [-0.4, -0.2) is 0 Å². The predicted molar refractivity (Wildman–Crippen MR) is 241 cm³/mol. The zero-order valence-electron chi connectivity index (χ0n) is 31.5. The summed E-state index contributed by atoms with van der Waals surface area (Å²) in [5, 5.41) is 7.09. The number of fused-ring (bicyclic) bond motifs is 7. The summed E-state index contributed by atoms with van der Waals surface area (Å²) in [6.45, 7) is 0.668. The van der Waals surface area contributed by atoms with Crippen molar-refractivity contribution >= 4 is 60.9 Å². The third-order valence-electron chi connectivity index (χ3n) is 11.8. The van der Waals surface area contributed by atoms with Gasteiger partial charge in [-0.15, -0.1) is 0 Å². The number of furan rings is 1. The predicted octanol–water partition coefficient (Wildman–Crippen LogP) is 15.2. The number of nitrogens with zero attached hydrogens (tertiary/aromatic N) is 1. The molecule has 0 atom stereocenters. The van der Waals surface area contributed by atoms with E-state index in [1.54, 1.807) is 0 Å². The summed E-state index contributed by atoms with van der Waals surface area (Å²) in [6.07, 6.45) is 6.71. The lowest BCUT2D eigenvalue weighted by molar-refractivity contribution is 0.673. The molecule has 0 unspecified atom stereocenters. The fraction of sp³-hybridized carbons (Fsp3) is 0.0545. The van der Waals surface area contributed by atoms with Gasteiger partial charge < -0.3 is 9.32 Å². The maximum Gasteiger partial charge on any atom is 0.143 e. The van der Waals surface area contributed by atoms with Crippen LogP contribution >= 0.6 is 0 Å². The van der Waals surface area contributed by atoms with Crippen molar-refractivity contribution in [2.75, 3.05) is 4.90 Å². The van der Waals surface area contributed by atoms with Gasteiger partial charge in [0.15, 0.2) is 0 Å². The van der Waals surface area contributed by atoms with Crippen molar-refractivity contribution in [1.82, 2.24) is 0 Å². The second-order valence-electron chi connectivity index (χ2n) is 15.2. The Morgan fingerprint density at radius 1 is 0.439 bits per heavy atom. The maximum absolute atomic E-state index is 6.85. The molecule has 1 aromatic heterocycles. The third-order valence-corrected chi connectivity index (χ3v) is 11.8. The zero-order valence-corrected chi connectivity index (χ0v) is 31.5. The van der Waals surface area contributed by atoms with Gasteiger partial charge in [0, 0.05) is 39.6 Å². The van der Waals surface area contributed by atoms with Gasteiger partial charge in [-0.25, -0.2) is 0 Å². The first-order valence-corrected chi connectivity index (χ1v) is 19.9. The van der Waals surface area contributed by atoms with E-state index in [9.17, 15) is 0 Å². The average Bonchev–Trinajstić information content (AvgIpc) is 3.68. The molecule has 1 heterocycles. The lowest BCUT2D eigenvalue weighted by Crippen LogP contribution is -2.17. The lowest BCUT2D eigenvalue weighted by atomic mass is 9.89. The van der Waals surface area contributed by atoms with E-state index < -0.39 is 0 Å². The smallest absolute Gasteiger partial charge is 0.143 e. The summed E-state index contributed by atoms with van der Waals surface area (Å²) < 4.78 is 6.85. The van der Waals surface area contributed by atoms with Gasteiger partial charge in [-0.2, -0.15) is 0 Å². The highest BCUT2D eigenvalue weighted by Gasteiger charge is 2.20. The maximum atomic E-state index is 6.85.